The Bertz CT molecular complexity index is 497. The van der Waals surface area contributed by atoms with E-state index in [9.17, 15) is 5.11 Å². The normalized spacial score (nSPS) is 13.5. The van der Waals surface area contributed by atoms with Crippen molar-refractivity contribution in [2.45, 2.75) is 39.8 Å². The lowest BCUT2D eigenvalue weighted by molar-refractivity contribution is 0.195. The molecular formula is C15H21NO. The standard InChI is InChI=1S/C15H21NO/c1-11(2)10-16-7-6-14-9-13(8-12(3)17)4-5-15(14)16/h4-7,9,11-12,17H,8,10H2,1-3H3. The van der Waals surface area contributed by atoms with Crippen LogP contribution in [0, 0.1) is 5.92 Å². The van der Waals surface area contributed by atoms with E-state index in [1.54, 1.807) is 0 Å². The topological polar surface area (TPSA) is 25.2 Å². The molecule has 1 N–H and O–H groups in total. The summed E-state index contributed by atoms with van der Waals surface area (Å²) in [5, 5.41) is 10.7. The minimum absolute atomic E-state index is 0.273. The second-order valence-electron chi connectivity index (χ2n) is 5.31. The lowest BCUT2D eigenvalue weighted by atomic mass is 10.1. The monoisotopic (exact) mass is 231 g/mol. The Morgan fingerprint density at radius 1 is 1.18 bits per heavy atom. The van der Waals surface area contributed by atoms with Crippen molar-refractivity contribution in [3.63, 3.8) is 0 Å². The summed E-state index contributed by atoms with van der Waals surface area (Å²) in [4.78, 5) is 0. The van der Waals surface area contributed by atoms with Crippen LogP contribution >= 0.6 is 0 Å². The number of benzene rings is 1. The van der Waals surface area contributed by atoms with Gasteiger partial charge in [-0.15, -0.1) is 0 Å². The molecule has 2 aromatic rings. The third kappa shape index (κ3) is 2.89. The minimum Gasteiger partial charge on any atom is -0.393 e. The Kier molecular flexibility index (Phi) is 3.53. The Morgan fingerprint density at radius 3 is 2.59 bits per heavy atom. The van der Waals surface area contributed by atoms with E-state index in [-0.39, 0.29) is 6.10 Å². The molecule has 17 heavy (non-hydrogen) atoms. The van der Waals surface area contributed by atoms with Gasteiger partial charge in [-0.3, -0.25) is 0 Å². The lowest BCUT2D eigenvalue weighted by Gasteiger charge is -2.09. The number of rotatable bonds is 4. The molecule has 0 saturated heterocycles. The first-order chi connectivity index (χ1) is 8.06. The molecule has 1 unspecified atom stereocenters. The molecule has 1 atom stereocenters. The van der Waals surface area contributed by atoms with Crippen LogP contribution in [0.1, 0.15) is 26.3 Å². The van der Waals surface area contributed by atoms with Crippen LogP contribution in [0.4, 0.5) is 0 Å². The van der Waals surface area contributed by atoms with Gasteiger partial charge in [0, 0.05) is 18.3 Å². The van der Waals surface area contributed by atoms with E-state index in [0.29, 0.717) is 5.92 Å². The summed E-state index contributed by atoms with van der Waals surface area (Å²) < 4.78 is 2.30. The zero-order chi connectivity index (χ0) is 12.4. The second-order valence-corrected chi connectivity index (χ2v) is 5.31. The molecular weight excluding hydrogens is 210 g/mol. The third-order valence-electron chi connectivity index (χ3n) is 2.93. The maximum Gasteiger partial charge on any atom is 0.0552 e. The number of aromatic nitrogens is 1. The molecule has 0 fully saturated rings. The van der Waals surface area contributed by atoms with E-state index >= 15 is 0 Å². The largest absolute Gasteiger partial charge is 0.393 e. The van der Waals surface area contributed by atoms with Gasteiger partial charge >= 0.3 is 0 Å². The zero-order valence-electron chi connectivity index (χ0n) is 10.9. The highest BCUT2D eigenvalue weighted by Crippen LogP contribution is 2.19. The van der Waals surface area contributed by atoms with Crippen molar-refractivity contribution in [2.75, 3.05) is 0 Å². The van der Waals surface area contributed by atoms with Gasteiger partial charge in [-0.1, -0.05) is 19.9 Å². The van der Waals surface area contributed by atoms with Crippen LogP contribution in [0.15, 0.2) is 30.5 Å². The Morgan fingerprint density at radius 2 is 1.94 bits per heavy atom. The third-order valence-corrected chi connectivity index (χ3v) is 2.93. The molecule has 2 nitrogen and oxygen atoms in total. The molecule has 0 bridgehead atoms. The van der Waals surface area contributed by atoms with Gasteiger partial charge in [0.25, 0.3) is 0 Å². The van der Waals surface area contributed by atoms with Crippen LogP contribution in [0.3, 0.4) is 0 Å². The summed E-state index contributed by atoms with van der Waals surface area (Å²) in [6.07, 6.45) is 2.60. The Hall–Kier alpha value is -1.28. The van der Waals surface area contributed by atoms with E-state index in [1.165, 1.54) is 16.5 Å². The van der Waals surface area contributed by atoms with E-state index in [2.05, 4.69) is 48.9 Å². The number of hydrogen-bond donors (Lipinski definition) is 1. The van der Waals surface area contributed by atoms with E-state index < -0.39 is 0 Å². The number of aliphatic hydroxyl groups excluding tert-OH is 1. The molecule has 1 aromatic carbocycles. The number of nitrogens with zero attached hydrogens (tertiary/aromatic N) is 1. The van der Waals surface area contributed by atoms with Crippen molar-refractivity contribution < 1.29 is 5.11 Å². The van der Waals surface area contributed by atoms with Gasteiger partial charge < -0.3 is 9.67 Å². The Labute approximate surface area is 103 Å². The average Bonchev–Trinajstić information content (AvgIpc) is 2.59. The summed E-state index contributed by atoms with van der Waals surface area (Å²) in [5.74, 6) is 0.655. The smallest absolute Gasteiger partial charge is 0.0552 e. The van der Waals surface area contributed by atoms with Gasteiger partial charge in [0.05, 0.1) is 6.10 Å². The predicted octanol–water partition coefficient (Wildman–Crippen LogP) is 3.22. The van der Waals surface area contributed by atoms with Gasteiger partial charge in [0.2, 0.25) is 0 Å². The summed E-state index contributed by atoms with van der Waals surface area (Å²) in [6.45, 7) is 7.34. The molecule has 1 heterocycles. The molecule has 92 valence electrons. The van der Waals surface area contributed by atoms with E-state index in [4.69, 9.17) is 0 Å². The van der Waals surface area contributed by atoms with Crippen molar-refractivity contribution in [1.29, 1.82) is 0 Å². The van der Waals surface area contributed by atoms with Crippen LogP contribution in [0.5, 0.6) is 0 Å². The molecule has 0 aliphatic rings. The number of hydrogen-bond acceptors (Lipinski definition) is 1. The van der Waals surface area contributed by atoms with Crippen LogP contribution in [0.25, 0.3) is 10.9 Å². The fourth-order valence-corrected chi connectivity index (χ4v) is 2.27. The van der Waals surface area contributed by atoms with Crippen LogP contribution < -0.4 is 0 Å². The molecule has 0 amide bonds. The molecule has 0 saturated carbocycles. The maximum atomic E-state index is 9.40. The van der Waals surface area contributed by atoms with Crippen molar-refractivity contribution >= 4 is 10.9 Å². The zero-order valence-corrected chi connectivity index (χ0v) is 10.9. The minimum atomic E-state index is -0.273. The van der Waals surface area contributed by atoms with Crippen LogP contribution in [-0.4, -0.2) is 15.8 Å². The van der Waals surface area contributed by atoms with Crippen molar-refractivity contribution in [3.05, 3.63) is 36.0 Å². The highest BCUT2D eigenvalue weighted by molar-refractivity contribution is 5.80. The molecule has 0 radical (unpaired) electrons. The lowest BCUT2D eigenvalue weighted by Crippen LogP contribution is -2.04. The fraction of sp³-hybridized carbons (Fsp3) is 0.467. The molecule has 0 aliphatic heterocycles. The highest BCUT2D eigenvalue weighted by atomic mass is 16.3. The molecule has 0 aliphatic carbocycles. The summed E-state index contributed by atoms with van der Waals surface area (Å²) in [7, 11) is 0. The molecule has 0 spiro atoms. The highest BCUT2D eigenvalue weighted by Gasteiger charge is 2.05. The second kappa shape index (κ2) is 4.92. The predicted molar refractivity (Wildman–Crippen MR) is 72.2 cm³/mol. The summed E-state index contributed by atoms with van der Waals surface area (Å²) in [6, 6.07) is 8.61. The van der Waals surface area contributed by atoms with Crippen molar-refractivity contribution in [3.8, 4) is 0 Å². The van der Waals surface area contributed by atoms with Crippen LogP contribution in [0.2, 0.25) is 0 Å². The van der Waals surface area contributed by atoms with Gasteiger partial charge in [0.15, 0.2) is 0 Å². The van der Waals surface area contributed by atoms with Crippen molar-refractivity contribution in [2.24, 2.45) is 5.92 Å². The number of aliphatic hydroxyl groups is 1. The molecule has 2 rings (SSSR count). The first kappa shape index (κ1) is 12.2. The van der Waals surface area contributed by atoms with Gasteiger partial charge in [0.1, 0.15) is 0 Å². The molecule has 1 aromatic heterocycles. The Balaban J connectivity index is 2.31. The first-order valence-corrected chi connectivity index (χ1v) is 6.32. The quantitative estimate of drug-likeness (QED) is 0.858. The number of fused-ring (bicyclic) bond motifs is 1. The maximum absolute atomic E-state index is 9.40. The van der Waals surface area contributed by atoms with Gasteiger partial charge in [-0.25, -0.2) is 0 Å². The van der Waals surface area contributed by atoms with Gasteiger partial charge in [-0.2, -0.15) is 0 Å². The van der Waals surface area contributed by atoms with Crippen LogP contribution in [-0.2, 0) is 13.0 Å². The fourth-order valence-electron chi connectivity index (χ4n) is 2.27. The first-order valence-electron chi connectivity index (χ1n) is 6.32. The summed E-state index contributed by atoms with van der Waals surface area (Å²) in [5.41, 5.74) is 2.49. The van der Waals surface area contributed by atoms with Crippen molar-refractivity contribution in [1.82, 2.24) is 4.57 Å². The summed E-state index contributed by atoms with van der Waals surface area (Å²) >= 11 is 0. The van der Waals surface area contributed by atoms with E-state index in [0.717, 1.165) is 13.0 Å². The van der Waals surface area contributed by atoms with E-state index in [1.807, 2.05) is 6.92 Å². The average molecular weight is 231 g/mol. The van der Waals surface area contributed by atoms with Gasteiger partial charge in [-0.05, 0) is 48.4 Å². The molecule has 2 heteroatoms. The SMILES string of the molecule is CC(C)Cn1ccc2cc(CC(C)O)ccc21.